The second kappa shape index (κ2) is 9.47. The van der Waals surface area contributed by atoms with Crippen LogP contribution in [0, 0.1) is 6.92 Å². The maximum Gasteiger partial charge on any atom is 0.266 e. The molecule has 0 bridgehead atoms. The summed E-state index contributed by atoms with van der Waals surface area (Å²) in [5.74, 6) is 1.20. The third kappa shape index (κ3) is 4.90. The summed E-state index contributed by atoms with van der Waals surface area (Å²) in [5, 5.41) is 0.686. The van der Waals surface area contributed by atoms with Gasteiger partial charge in [0.15, 0.2) is 16.7 Å². The number of carbonyl (C=O) groups excluding carboxylic acids is 1. The van der Waals surface area contributed by atoms with Crippen molar-refractivity contribution in [3.8, 4) is 11.5 Å². The average Bonchev–Trinajstić information content (AvgIpc) is 3.02. The molecule has 29 heavy (non-hydrogen) atoms. The highest BCUT2D eigenvalue weighted by Gasteiger charge is 2.32. The molecule has 0 atom stereocenters. The molecular weight excluding hydrogens is 384 g/mol. The molecule has 0 N–H and O–H groups in total. The van der Waals surface area contributed by atoms with Crippen LogP contribution in [0.4, 0.5) is 5.69 Å². The van der Waals surface area contributed by atoms with Gasteiger partial charge in [-0.15, -0.1) is 0 Å². The molecule has 0 aliphatic carbocycles. The Kier molecular flexibility index (Phi) is 6.77. The number of thioether (sulfide) groups is 1. The van der Waals surface area contributed by atoms with Crippen LogP contribution in [0.25, 0.3) is 6.08 Å². The van der Waals surface area contributed by atoms with E-state index in [1.54, 1.807) is 18.1 Å². The molecule has 2 aromatic carbocycles. The number of benzene rings is 2. The molecule has 1 amide bonds. The van der Waals surface area contributed by atoms with E-state index >= 15 is 0 Å². The first kappa shape index (κ1) is 20.7. The SMILES string of the molecule is C=CCOc1ccc(/C=C2/SC(=Nc3ccc(C)cc3)N(CC)C2=O)cc1OC. The van der Waals surface area contributed by atoms with Crippen molar-refractivity contribution in [2.75, 3.05) is 20.3 Å². The fourth-order valence-electron chi connectivity index (χ4n) is 2.79. The fraction of sp³-hybridized carbons (Fsp3) is 0.217. The predicted octanol–water partition coefficient (Wildman–Crippen LogP) is 5.19. The first-order valence-corrected chi connectivity index (χ1v) is 10.2. The summed E-state index contributed by atoms with van der Waals surface area (Å²) < 4.78 is 11.0. The lowest BCUT2D eigenvalue weighted by atomic mass is 10.2. The minimum atomic E-state index is -0.0469. The number of likely N-dealkylation sites (N-methyl/N-ethyl adjacent to an activating group) is 1. The molecule has 5 nitrogen and oxygen atoms in total. The zero-order valence-corrected chi connectivity index (χ0v) is 17.7. The van der Waals surface area contributed by atoms with E-state index in [0.717, 1.165) is 11.3 Å². The number of methoxy groups -OCH3 is 1. The number of hydrogen-bond donors (Lipinski definition) is 0. The maximum absolute atomic E-state index is 12.8. The van der Waals surface area contributed by atoms with Crippen LogP contribution in [0.2, 0.25) is 0 Å². The molecule has 0 unspecified atom stereocenters. The summed E-state index contributed by atoms with van der Waals surface area (Å²) in [7, 11) is 1.59. The van der Waals surface area contributed by atoms with Crippen LogP contribution in [-0.2, 0) is 4.79 Å². The molecule has 2 aromatic rings. The summed E-state index contributed by atoms with van der Waals surface area (Å²) in [6, 6.07) is 13.5. The smallest absolute Gasteiger partial charge is 0.266 e. The van der Waals surface area contributed by atoms with Gasteiger partial charge in [-0.2, -0.15) is 0 Å². The van der Waals surface area contributed by atoms with E-state index < -0.39 is 0 Å². The fourth-order valence-corrected chi connectivity index (χ4v) is 3.86. The number of nitrogens with zero attached hydrogens (tertiary/aromatic N) is 2. The van der Waals surface area contributed by atoms with Crippen LogP contribution in [-0.4, -0.2) is 36.2 Å². The highest BCUT2D eigenvalue weighted by atomic mass is 32.2. The summed E-state index contributed by atoms with van der Waals surface area (Å²) in [6.07, 6.45) is 3.53. The van der Waals surface area contributed by atoms with E-state index in [0.29, 0.717) is 34.7 Å². The van der Waals surface area contributed by atoms with Crippen molar-refractivity contribution < 1.29 is 14.3 Å². The van der Waals surface area contributed by atoms with Crippen LogP contribution in [0.3, 0.4) is 0 Å². The van der Waals surface area contributed by atoms with Crippen molar-refractivity contribution in [3.05, 3.63) is 71.2 Å². The van der Waals surface area contributed by atoms with E-state index in [1.807, 2.05) is 62.4 Å². The van der Waals surface area contributed by atoms with Gasteiger partial charge < -0.3 is 9.47 Å². The van der Waals surface area contributed by atoms with Gasteiger partial charge in [-0.05, 0) is 61.5 Å². The molecule has 3 rings (SSSR count). The molecule has 1 aliphatic rings. The molecular formula is C23H24N2O3S. The van der Waals surface area contributed by atoms with Gasteiger partial charge in [0, 0.05) is 6.54 Å². The molecule has 1 saturated heterocycles. The summed E-state index contributed by atoms with van der Waals surface area (Å²) in [4.78, 5) is 19.8. The number of amides is 1. The minimum absolute atomic E-state index is 0.0469. The standard InChI is InChI=1S/C23H24N2O3S/c1-5-13-28-19-12-9-17(14-20(19)27-4)15-21-22(26)25(6-2)23(29-21)24-18-10-7-16(3)8-11-18/h5,7-12,14-15H,1,6,13H2,2-4H3/b21-15+,24-23?. The molecule has 0 spiro atoms. The third-order valence-corrected chi connectivity index (χ3v) is 5.31. The van der Waals surface area contributed by atoms with Crippen LogP contribution in [0.5, 0.6) is 11.5 Å². The zero-order chi connectivity index (χ0) is 20.8. The zero-order valence-electron chi connectivity index (χ0n) is 16.8. The number of ether oxygens (including phenoxy) is 2. The van der Waals surface area contributed by atoms with Crippen LogP contribution in [0.1, 0.15) is 18.1 Å². The Morgan fingerprint density at radius 2 is 1.93 bits per heavy atom. The molecule has 0 radical (unpaired) electrons. The molecule has 150 valence electrons. The van der Waals surface area contributed by atoms with Crippen molar-refractivity contribution >= 4 is 34.6 Å². The lowest BCUT2D eigenvalue weighted by molar-refractivity contribution is -0.122. The van der Waals surface area contributed by atoms with Crippen molar-refractivity contribution in [1.82, 2.24) is 4.90 Å². The molecule has 0 aromatic heterocycles. The highest BCUT2D eigenvalue weighted by molar-refractivity contribution is 8.18. The Hall–Kier alpha value is -2.99. The lowest BCUT2D eigenvalue weighted by Gasteiger charge is -2.12. The number of aliphatic imine (C=N–C) groups is 1. The third-order valence-electron chi connectivity index (χ3n) is 4.31. The van der Waals surface area contributed by atoms with Gasteiger partial charge in [-0.3, -0.25) is 9.69 Å². The Labute approximate surface area is 175 Å². The van der Waals surface area contributed by atoms with Crippen LogP contribution < -0.4 is 9.47 Å². The van der Waals surface area contributed by atoms with Gasteiger partial charge in [0.25, 0.3) is 5.91 Å². The topological polar surface area (TPSA) is 51.1 Å². The predicted molar refractivity (Wildman–Crippen MR) is 120 cm³/mol. The van der Waals surface area contributed by atoms with Gasteiger partial charge in [-0.25, -0.2) is 4.99 Å². The maximum atomic E-state index is 12.8. The van der Waals surface area contributed by atoms with E-state index in [4.69, 9.17) is 9.47 Å². The Bertz CT molecular complexity index is 965. The van der Waals surface area contributed by atoms with Gasteiger partial charge in [0.1, 0.15) is 6.61 Å². The first-order valence-electron chi connectivity index (χ1n) is 9.34. The molecule has 1 heterocycles. The molecule has 1 fully saturated rings. The van der Waals surface area contributed by atoms with Crippen molar-refractivity contribution in [3.63, 3.8) is 0 Å². The van der Waals surface area contributed by atoms with E-state index in [2.05, 4.69) is 11.6 Å². The highest BCUT2D eigenvalue weighted by Crippen LogP contribution is 2.35. The monoisotopic (exact) mass is 408 g/mol. The summed E-state index contributed by atoms with van der Waals surface area (Å²) >= 11 is 1.38. The number of hydrogen-bond acceptors (Lipinski definition) is 5. The van der Waals surface area contributed by atoms with Gasteiger partial charge in [0.2, 0.25) is 0 Å². The second-order valence-corrected chi connectivity index (χ2v) is 7.41. The normalized spacial score (nSPS) is 16.5. The Balaban J connectivity index is 1.88. The number of rotatable bonds is 7. The van der Waals surface area contributed by atoms with Crippen molar-refractivity contribution in [2.45, 2.75) is 13.8 Å². The van der Waals surface area contributed by atoms with E-state index in [9.17, 15) is 4.79 Å². The van der Waals surface area contributed by atoms with E-state index in [1.165, 1.54) is 17.3 Å². The number of carbonyl (C=O) groups is 1. The largest absolute Gasteiger partial charge is 0.493 e. The Morgan fingerprint density at radius 1 is 1.17 bits per heavy atom. The number of aryl methyl sites for hydroxylation is 1. The number of amidine groups is 1. The second-order valence-electron chi connectivity index (χ2n) is 6.40. The van der Waals surface area contributed by atoms with Gasteiger partial charge in [-0.1, -0.05) is 36.4 Å². The van der Waals surface area contributed by atoms with Crippen molar-refractivity contribution in [2.24, 2.45) is 4.99 Å². The summed E-state index contributed by atoms with van der Waals surface area (Å²) in [6.45, 7) is 8.59. The van der Waals surface area contributed by atoms with Crippen LogP contribution in [0.15, 0.2) is 65.0 Å². The Morgan fingerprint density at radius 3 is 2.59 bits per heavy atom. The molecule has 1 aliphatic heterocycles. The van der Waals surface area contributed by atoms with Gasteiger partial charge in [0.05, 0.1) is 17.7 Å². The van der Waals surface area contributed by atoms with Crippen LogP contribution >= 0.6 is 11.8 Å². The summed E-state index contributed by atoms with van der Waals surface area (Å²) in [5.41, 5.74) is 2.86. The molecule has 6 heteroatoms. The van der Waals surface area contributed by atoms with Crippen molar-refractivity contribution in [1.29, 1.82) is 0 Å². The minimum Gasteiger partial charge on any atom is -0.493 e. The first-order chi connectivity index (χ1) is 14.0. The quantitative estimate of drug-likeness (QED) is 0.467. The van der Waals surface area contributed by atoms with E-state index in [-0.39, 0.29) is 5.91 Å². The lowest BCUT2D eigenvalue weighted by Crippen LogP contribution is -2.28. The van der Waals surface area contributed by atoms with Gasteiger partial charge >= 0.3 is 0 Å². The average molecular weight is 409 g/mol. The molecule has 0 saturated carbocycles.